The molecule has 0 fully saturated rings. The zero-order valence-electron chi connectivity index (χ0n) is 19.6. The Labute approximate surface area is 186 Å². The molecule has 0 saturated heterocycles. The normalized spacial score (nSPS) is 12.3. The van der Waals surface area contributed by atoms with Crippen LogP contribution in [0.5, 0.6) is 0 Å². The van der Waals surface area contributed by atoms with Gasteiger partial charge in [-0.25, -0.2) is 9.97 Å². The number of para-hydroxylation sites is 4. The summed E-state index contributed by atoms with van der Waals surface area (Å²) >= 11 is 0. The Bertz CT molecular complexity index is 1060. The summed E-state index contributed by atoms with van der Waals surface area (Å²) in [6.07, 6.45) is 7.26. The lowest BCUT2D eigenvalue weighted by atomic mass is 9.90. The number of rotatable bonds is 10. The molecule has 0 N–H and O–H groups in total. The van der Waals surface area contributed by atoms with Gasteiger partial charge in [0.1, 0.15) is 11.6 Å². The molecule has 0 aliphatic rings. The van der Waals surface area contributed by atoms with Gasteiger partial charge in [0.15, 0.2) is 0 Å². The van der Waals surface area contributed by atoms with E-state index in [1.54, 1.807) is 0 Å². The maximum atomic E-state index is 5.16. The number of fused-ring (bicyclic) bond motifs is 2. The zero-order valence-corrected chi connectivity index (χ0v) is 19.6. The van der Waals surface area contributed by atoms with Crippen LogP contribution in [-0.4, -0.2) is 19.1 Å². The fraction of sp³-hybridized carbons (Fsp3) is 0.481. The summed E-state index contributed by atoms with van der Waals surface area (Å²) in [5, 5.41) is 0. The second-order valence-electron chi connectivity index (χ2n) is 9.19. The fourth-order valence-electron chi connectivity index (χ4n) is 4.70. The van der Waals surface area contributed by atoms with Crippen molar-refractivity contribution in [3.63, 3.8) is 0 Å². The number of aryl methyl sites for hydroxylation is 2. The maximum Gasteiger partial charge on any atom is 0.123 e. The quantitative estimate of drug-likeness (QED) is 0.259. The Kier molecular flexibility index (Phi) is 6.45. The molecular weight excluding hydrogens is 380 g/mol. The second-order valence-corrected chi connectivity index (χ2v) is 9.19. The van der Waals surface area contributed by atoms with Crippen LogP contribution in [-0.2, 0) is 18.5 Å². The first-order chi connectivity index (χ1) is 15.1. The first-order valence-electron chi connectivity index (χ1n) is 12.0. The van der Waals surface area contributed by atoms with Gasteiger partial charge in [0.05, 0.1) is 27.5 Å². The molecule has 2 heterocycles. The molecule has 4 heteroatoms. The molecule has 0 saturated carbocycles. The largest absolute Gasteiger partial charge is 0.327 e. The third-order valence-electron chi connectivity index (χ3n) is 6.40. The maximum absolute atomic E-state index is 5.16. The van der Waals surface area contributed by atoms with Gasteiger partial charge in [0.2, 0.25) is 0 Å². The first-order valence-corrected chi connectivity index (χ1v) is 12.0. The smallest absolute Gasteiger partial charge is 0.123 e. The summed E-state index contributed by atoms with van der Waals surface area (Å²) in [4.78, 5) is 10.3. The van der Waals surface area contributed by atoms with E-state index in [1.807, 2.05) is 0 Å². The van der Waals surface area contributed by atoms with Crippen LogP contribution in [0.3, 0.4) is 0 Å². The first kappa shape index (κ1) is 21.6. The van der Waals surface area contributed by atoms with E-state index in [1.165, 1.54) is 49.6 Å². The van der Waals surface area contributed by atoms with Crippen molar-refractivity contribution in [2.75, 3.05) is 0 Å². The van der Waals surface area contributed by atoms with E-state index >= 15 is 0 Å². The number of hydrogen-bond donors (Lipinski definition) is 0. The highest BCUT2D eigenvalue weighted by Crippen LogP contribution is 2.35. The van der Waals surface area contributed by atoms with Gasteiger partial charge < -0.3 is 9.13 Å². The van der Waals surface area contributed by atoms with Gasteiger partial charge in [-0.2, -0.15) is 0 Å². The minimum absolute atomic E-state index is 0.295. The van der Waals surface area contributed by atoms with Crippen LogP contribution in [0.25, 0.3) is 22.1 Å². The van der Waals surface area contributed by atoms with Crippen molar-refractivity contribution in [2.45, 2.75) is 84.7 Å². The molecule has 4 aromatic rings. The number of unbranched alkanes of at least 4 members (excludes halogenated alkanes) is 4. The third kappa shape index (κ3) is 4.13. The highest BCUT2D eigenvalue weighted by Gasteiger charge is 2.34. The lowest BCUT2D eigenvalue weighted by Crippen LogP contribution is -2.29. The summed E-state index contributed by atoms with van der Waals surface area (Å²) in [7, 11) is 0. The van der Waals surface area contributed by atoms with Crippen LogP contribution in [0.2, 0.25) is 0 Å². The van der Waals surface area contributed by atoms with Crippen molar-refractivity contribution in [1.29, 1.82) is 0 Å². The van der Waals surface area contributed by atoms with Gasteiger partial charge in [-0.15, -0.1) is 0 Å². The average Bonchev–Trinajstić information content (AvgIpc) is 3.34. The molecule has 2 aromatic carbocycles. The number of hydrogen-bond acceptors (Lipinski definition) is 2. The number of aromatic nitrogens is 4. The van der Waals surface area contributed by atoms with Crippen molar-refractivity contribution in [3.8, 4) is 0 Å². The molecule has 0 unspecified atom stereocenters. The Morgan fingerprint density at radius 2 is 1.06 bits per heavy atom. The molecule has 0 spiro atoms. The molecule has 0 aliphatic heterocycles. The highest BCUT2D eigenvalue weighted by molar-refractivity contribution is 5.78. The molecule has 4 rings (SSSR count). The Morgan fingerprint density at radius 3 is 1.48 bits per heavy atom. The molecule has 0 aliphatic carbocycles. The second kappa shape index (κ2) is 9.25. The Morgan fingerprint density at radius 1 is 0.645 bits per heavy atom. The van der Waals surface area contributed by atoms with E-state index in [-0.39, 0.29) is 5.41 Å². The van der Waals surface area contributed by atoms with Crippen LogP contribution < -0.4 is 0 Å². The molecule has 31 heavy (non-hydrogen) atoms. The molecular formula is C27H36N4. The number of nitrogens with zero attached hydrogens (tertiary/aromatic N) is 4. The molecule has 0 bridgehead atoms. The third-order valence-corrected chi connectivity index (χ3v) is 6.40. The van der Waals surface area contributed by atoms with Crippen molar-refractivity contribution >= 4 is 22.1 Å². The van der Waals surface area contributed by atoms with E-state index in [2.05, 4.69) is 85.4 Å². The number of imidazole rings is 2. The van der Waals surface area contributed by atoms with E-state index in [0.29, 0.717) is 0 Å². The minimum Gasteiger partial charge on any atom is -0.327 e. The summed E-state index contributed by atoms with van der Waals surface area (Å²) in [6.45, 7) is 11.1. The van der Waals surface area contributed by atoms with E-state index in [9.17, 15) is 0 Å². The van der Waals surface area contributed by atoms with Gasteiger partial charge in [0, 0.05) is 13.1 Å². The predicted molar refractivity (Wildman–Crippen MR) is 131 cm³/mol. The van der Waals surface area contributed by atoms with Crippen LogP contribution >= 0.6 is 0 Å². The average molecular weight is 417 g/mol. The van der Waals surface area contributed by atoms with Gasteiger partial charge >= 0.3 is 0 Å². The van der Waals surface area contributed by atoms with E-state index in [4.69, 9.17) is 9.97 Å². The zero-order chi connectivity index (χ0) is 21.8. The Balaban J connectivity index is 1.85. The van der Waals surface area contributed by atoms with Crippen LogP contribution in [0.4, 0.5) is 0 Å². The molecule has 0 radical (unpaired) electrons. The summed E-state index contributed by atoms with van der Waals surface area (Å²) in [5.41, 5.74) is 4.33. The minimum atomic E-state index is -0.295. The van der Waals surface area contributed by atoms with E-state index in [0.717, 1.165) is 35.8 Å². The van der Waals surface area contributed by atoms with E-state index < -0.39 is 0 Å². The van der Waals surface area contributed by atoms with Crippen molar-refractivity contribution in [1.82, 2.24) is 19.1 Å². The van der Waals surface area contributed by atoms with Crippen molar-refractivity contribution < 1.29 is 0 Å². The number of benzene rings is 2. The SMILES string of the molecule is CCCCCn1c(C(C)(C)c2nc3ccccc3n2CCCCC)nc2ccccc21. The highest BCUT2D eigenvalue weighted by atomic mass is 15.1. The molecule has 4 nitrogen and oxygen atoms in total. The topological polar surface area (TPSA) is 35.6 Å². The fourth-order valence-corrected chi connectivity index (χ4v) is 4.70. The van der Waals surface area contributed by atoms with Crippen molar-refractivity contribution in [2.24, 2.45) is 0 Å². The van der Waals surface area contributed by atoms with Gasteiger partial charge in [-0.1, -0.05) is 63.8 Å². The van der Waals surface area contributed by atoms with Crippen LogP contribution in [0, 0.1) is 0 Å². The van der Waals surface area contributed by atoms with Crippen LogP contribution in [0.1, 0.15) is 77.9 Å². The Hall–Kier alpha value is -2.62. The summed E-state index contributed by atoms with van der Waals surface area (Å²) in [5.74, 6) is 2.24. The molecule has 2 aromatic heterocycles. The molecule has 0 amide bonds. The van der Waals surface area contributed by atoms with Gasteiger partial charge in [-0.3, -0.25) is 0 Å². The molecule has 0 atom stereocenters. The summed E-state index contributed by atoms with van der Waals surface area (Å²) < 4.78 is 4.89. The van der Waals surface area contributed by atoms with Crippen LogP contribution in [0.15, 0.2) is 48.5 Å². The summed E-state index contributed by atoms with van der Waals surface area (Å²) in [6, 6.07) is 17.1. The molecule has 164 valence electrons. The standard InChI is InChI=1S/C27H36N4/c1-5-7-13-19-30-23-17-11-9-15-21(23)28-25(30)27(3,4)26-29-22-16-10-12-18-24(22)31(26)20-14-8-6-2/h9-12,15-18H,5-8,13-14,19-20H2,1-4H3. The lowest BCUT2D eigenvalue weighted by molar-refractivity contribution is 0.467. The predicted octanol–water partition coefficient (Wildman–Crippen LogP) is 7.09. The monoisotopic (exact) mass is 416 g/mol. The van der Waals surface area contributed by atoms with Gasteiger partial charge in [0.25, 0.3) is 0 Å². The van der Waals surface area contributed by atoms with Crippen molar-refractivity contribution in [3.05, 3.63) is 60.2 Å². The van der Waals surface area contributed by atoms with Gasteiger partial charge in [-0.05, 0) is 51.0 Å². The lowest BCUT2D eigenvalue weighted by Gasteiger charge is -2.26.